The molecule has 1 aromatic carbocycles. The van der Waals surface area contributed by atoms with Crippen molar-refractivity contribution in [2.24, 2.45) is 0 Å². The lowest BCUT2D eigenvalue weighted by molar-refractivity contribution is -0.128. The van der Waals surface area contributed by atoms with Crippen LogP contribution in [0, 0.1) is 0 Å². The molecule has 4 amide bonds. The van der Waals surface area contributed by atoms with E-state index in [2.05, 4.69) is 21.2 Å². The number of hydrogen-bond acceptors (Lipinski definition) is 3. The number of rotatable bonds is 2. The second kappa shape index (κ2) is 4.90. The molecular weight excluding hydrogens is 326 g/mol. The van der Waals surface area contributed by atoms with E-state index in [0.29, 0.717) is 18.7 Å². The first-order valence-electron chi connectivity index (χ1n) is 6.21. The van der Waals surface area contributed by atoms with Crippen LogP contribution in [0.25, 0.3) is 0 Å². The number of halogens is 1. The first-order valence-corrected chi connectivity index (χ1v) is 7.00. The van der Waals surface area contributed by atoms with Gasteiger partial charge < -0.3 is 10.2 Å². The van der Waals surface area contributed by atoms with Crippen molar-refractivity contribution in [2.45, 2.75) is 6.04 Å². The molecule has 2 heterocycles. The Morgan fingerprint density at radius 1 is 1.30 bits per heavy atom. The Labute approximate surface area is 123 Å². The number of nitrogens with zero attached hydrogens (tertiary/aromatic N) is 2. The molecule has 0 aromatic heterocycles. The van der Waals surface area contributed by atoms with Gasteiger partial charge in [0.15, 0.2) is 0 Å². The number of nitrogens with one attached hydrogen (secondary N) is 1. The van der Waals surface area contributed by atoms with Crippen molar-refractivity contribution in [1.82, 2.24) is 15.1 Å². The van der Waals surface area contributed by atoms with Gasteiger partial charge in [-0.1, -0.05) is 22.0 Å². The van der Waals surface area contributed by atoms with Crippen LogP contribution < -0.4 is 5.32 Å². The largest absolute Gasteiger partial charge is 0.334 e. The van der Waals surface area contributed by atoms with Crippen LogP contribution in [0.1, 0.15) is 10.4 Å². The van der Waals surface area contributed by atoms with E-state index in [0.717, 1.165) is 4.47 Å². The summed E-state index contributed by atoms with van der Waals surface area (Å²) >= 11 is 3.32. The molecule has 3 rings (SSSR count). The summed E-state index contributed by atoms with van der Waals surface area (Å²) in [5, 5.41) is 2.48. The van der Waals surface area contributed by atoms with E-state index >= 15 is 0 Å². The highest BCUT2D eigenvalue weighted by molar-refractivity contribution is 9.10. The zero-order chi connectivity index (χ0) is 14.3. The van der Waals surface area contributed by atoms with Gasteiger partial charge in [-0.15, -0.1) is 0 Å². The molecule has 0 unspecified atom stereocenters. The summed E-state index contributed by atoms with van der Waals surface area (Å²) in [5.74, 6) is -0.316. The number of imide groups is 1. The normalized spacial score (nSPS) is 19.1. The van der Waals surface area contributed by atoms with Crippen molar-refractivity contribution in [1.29, 1.82) is 0 Å². The highest BCUT2D eigenvalue weighted by Gasteiger charge is 2.42. The van der Waals surface area contributed by atoms with Crippen molar-refractivity contribution in [2.75, 3.05) is 19.6 Å². The van der Waals surface area contributed by atoms with Crippen LogP contribution in [0.15, 0.2) is 28.7 Å². The van der Waals surface area contributed by atoms with Crippen molar-refractivity contribution in [3.05, 3.63) is 34.3 Å². The number of carbonyl (C=O) groups is 3. The predicted molar refractivity (Wildman–Crippen MR) is 74.1 cm³/mol. The van der Waals surface area contributed by atoms with Crippen LogP contribution >= 0.6 is 15.9 Å². The van der Waals surface area contributed by atoms with Crippen LogP contribution in [0.5, 0.6) is 0 Å². The molecule has 2 aliphatic heterocycles. The van der Waals surface area contributed by atoms with Crippen molar-refractivity contribution in [3.8, 4) is 0 Å². The molecule has 1 N–H and O–H groups in total. The van der Waals surface area contributed by atoms with Crippen LogP contribution in [-0.2, 0) is 4.79 Å². The molecule has 6 nitrogen and oxygen atoms in total. The summed E-state index contributed by atoms with van der Waals surface area (Å²) in [4.78, 5) is 38.1. The van der Waals surface area contributed by atoms with Crippen LogP contribution in [0.4, 0.5) is 4.79 Å². The lowest BCUT2D eigenvalue weighted by Crippen LogP contribution is -2.62. The maximum atomic E-state index is 12.2. The molecule has 2 aliphatic rings. The number of likely N-dealkylation sites (tertiary alicyclic amines) is 1. The van der Waals surface area contributed by atoms with Gasteiger partial charge in [-0.3, -0.25) is 14.5 Å². The Hall–Kier alpha value is -1.89. The van der Waals surface area contributed by atoms with Gasteiger partial charge in [0.05, 0.1) is 12.6 Å². The third kappa shape index (κ3) is 2.18. The van der Waals surface area contributed by atoms with E-state index in [9.17, 15) is 14.4 Å². The molecule has 0 aliphatic carbocycles. The summed E-state index contributed by atoms with van der Waals surface area (Å²) in [6, 6.07) is 6.57. The van der Waals surface area contributed by atoms with E-state index < -0.39 is 0 Å². The fourth-order valence-electron chi connectivity index (χ4n) is 2.39. The van der Waals surface area contributed by atoms with E-state index in [1.54, 1.807) is 23.1 Å². The second-order valence-corrected chi connectivity index (χ2v) is 5.71. The Morgan fingerprint density at radius 3 is 2.65 bits per heavy atom. The first kappa shape index (κ1) is 13.1. The second-order valence-electron chi connectivity index (χ2n) is 4.80. The number of benzene rings is 1. The average Bonchev–Trinajstić information content (AvgIpc) is 2.69. The van der Waals surface area contributed by atoms with E-state index in [-0.39, 0.29) is 30.4 Å². The van der Waals surface area contributed by atoms with E-state index in [4.69, 9.17) is 0 Å². The number of carbonyl (C=O) groups excluding carboxylic acids is 3. The van der Waals surface area contributed by atoms with Gasteiger partial charge in [-0.25, -0.2) is 4.79 Å². The topological polar surface area (TPSA) is 69.7 Å². The van der Waals surface area contributed by atoms with E-state index in [1.165, 1.54) is 4.90 Å². The van der Waals surface area contributed by atoms with Crippen LogP contribution in [-0.4, -0.2) is 53.3 Å². The highest BCUT2D eigenvalue weighted by Crippen LogP contribution is 2.21. The molecular formula is C13H12BrN3O3. The lowest BCUT2D eigenvalue weighted by atomic mass is 10.1. The Bertz CT molecular complexity index is 582. The number of amides is 4. The quantitative estimate of drug-likeness (QED) is 0.812. The van der Waals surface area contributed by atoms with Gasteiger partial charge in [0.2, 0.25) is 5.91 Å². The monoisotopic (exact) mass is 337 g/mol. The average molecular weight is 338 g/mol. The fraction of sp³-hybridized carbons (Fsp3) is 0.308. The lowest BCUT2D eigenvalue weighted by Gasteiger charge is -2.42. The van der Waals surface area contributed by atoms with Crippen LogP contribution in [0.3, 0.4) is 0 Å². The van der Waals surface area contributed by atoms with Gasteiger partial charge in [-0.2, -0.15) is 0 Å². The summed E-state index contributed by atoms with van der Waals surface area (Å²) < 4.78 is 0.842. The fourth-order valence-corrected chi connectivity index (χ4v) is 2.79. The molecule has 104 valence electrons. The minimum absolute atomic E-state index is 0.0505. The van der Waals surface area contributed by atoms with Crippen molar-refractivity contribution in [3.63, 3.8) is 0 Å². The molecule has 1 aromatic rings. The first-order chi connectivity index (χ1) is 9.56. The van der Waals surface area contributed by atoms with Gasteiger partial charge in [0.25, 0.3) is 5.91 Å². The van der Waals surface area contributed by atoms with Gasteiger partial charge >= 0.3 is 6.03 Å². The van der Waals surface area contributed by atoms with Gasteiger partial charge in [0, 0.05) is 23.1 Å². The number of urea groups is 1. The van der Waals surface area contributed by atoms with E-state index in [1.807, 2.05) is 6.07 Å². The molecule has 0 atom stereocenters. The Balaban J connectivity index is 1.64. The van der Waals surface area contributed by atoms with Crippen LogP contribution in [0.2, 0.25) is 0 Å². The maximum Gasteiger partial charge on any atom is 0.324 e. The molecule has 0 spiro atoms. The molecule has 0 radical (unpaired) electrons. The summed E-state index contributed by atoms with van der Waals surface area (Å²) in [6.07, 6.45) is 0. The molecule has 2 saturated heterocycles. The molecule has 20 heavy (non-hydrogen) atoms. The third-order valence-corrected chi connectivity index (χ3v) is 3.96. The van der Waals surface area contributed by atoms with Gasteiger partial charge in [-0.05, 0) is 18.2 Å². The molecule has 2 fully saturated rings. The molecule has 7 heteroatoms. The summed E-state index contributed by atoms with van der Waals surface area (Å²) in [7, 11) is 0. The van der Waals surface area contributed by atoms with Crippen molar-refractivity contribution < 1.29 is 14.4 Å². The number of hydrogen-bond donors (Lipinski definition) is 1. The Morgan fingerprint density at radius 2 is 2.05 bits per heavy atom. The predicted octanol–water partition coefficient (Wildman–Crippen LogP) is 0.825. The minimum atomic E-state index is -0.366. The third-order valence-electron chi connectivity index (χ3n) is 3.46. The smallest absolute Gasteiger partial charge is 0.324 e. The highest BCUT2D eigenvalue weighted by atomic mass is 79.9. The molecule has 0 bridgehead atoms. The zero-order valence-electron chi connectivity index (χ0n) is 10.5. The zero-order valence-corrected chi connectivity index (χ0v) is 12.1. The Kier molecular flexibility index (Phi) is 3.21. The van der Waals surface area contributed by atoms with Crippen molar-refractivity contribution >= 4 is 33.8 Å². The SMILES string of the molecule is O=C(c1cccc(Br)c1)N1CC(N2C(=O)CNC2=O)C1. The minimum Gasteiger partial charge on any atom is -0.334 e. The summed E-state index contributed by atoms with van der Waals surface area (Å²) in [6.45, 7) is 0.837. The standard InChI is InChI=1S/C13H12BrN3O3/c14-9-3-1-2-8(4-9)12(19)16-6-10(7-16)17-11(18)5-15-13(17)20/h1-4,10H,5-7H2,(H,15,20). The maximum absolute atomic E-state index is 12.2. The molecule has 0 saturated carbocycles. The summed E-state index contributed by atoms with van der Waals surface area (Å²) in [5.41, 5.74) is 0.593. The van der Waals surface area contributed by atoms with Gasteiger partial charge in [0.1, 0.15) is 0 Å².